The second-order valence-electron chi connectivity index (χ2n) is 6.66. The van der Waals surface area contributed by atoms with Crippen LogP contribution >= 0.6 is 0 Å². The van der Waals surface area contributed by atoms with E-state index < -0.39 is 0 Å². The molecule has 2 aliphatic rings. The van der Waals surface area contributed by atoms with Crippen molar-refractivity contribution in [1.29, 1.82) is 0 Å². The van der Waals surface area contributed by atoms with Gasteiger partial charge in [-0.3, -0.25) is 4.79 Å². The van der Waals surface area contributed by atoms with E-state index in [1.807, 2.05) is 0 Å². The summed E-state index contributed by atoms with van der Waals surface area (Å²) in [5.41, 5.74) is -0.344. The Labute approximate surface area is 133 Å². The third-order valence-electron chi connectivity index (χ3n) is 4.47. The minimum Gasteiger partial charge on any atom is -0.356 e. The molecule has 0 aromatic rings. The molecule has 0 spiro atoms. The number of likely N-dealkylation sites (tertiary alicyclic amines) is 1. The van der Waals surface area contributed by atoms with Crippen LogP contribution in [0.25, 0.3) is 0 Å². The van der Waals surface area contributed by atoms with Gasteiger partial charge in [0.15, 0.2) is 5.66 Å². The summed E-state index contributed by atoms with van der Waals surface area (Å²) in [6, 6.07) is 0. The first kappa shape index (κ1) is 17.0. The molecule has 0 saturated carbocycles. The minimum atomic E-state index is -0.344. The maximum atomic E-state index is 11.9. The molecule has 1 amide bonds. The summed E-state index contributed by atoms with van der Waals surface area (Å²) in [7, 11) is 0. The zero-order valence-corrected chi connectivity index (χ0v) is 13.7. The van der Waals surface area contributed by atoms with E-state index in [1.165, 1.54) is 32.4 Å². The Bertz CT molecular complexity index is 428. The van der Waals surface area contributed by atoms with Gasteiger partial charge in [0, 0.05) is 38.8 Å². The number of amides is 1. The maximum Gasteiger partial charge on any atom is 0.220 e. The molecule has 0 aliphatic carbocycles. The fraction of sp³-hybridized carbons (Fsp3) is 0.824. The van der Waals surface area contributed by atoms with Gasteiger partial charge in [-0.1, -0.05) is 13.3 Å². The van der Waals surface area contributed by atoms with Gasteiger partial charge in [-0.05, 0) is 31.8 Å². The van der Waals surface area contributed by atoms with E-state index in [9.17, 15) is 4.79 Å². The molecule has 1 atom stereocenters. The summed E-state index contributed by atoms with van der Waals surface area (Å²) < 4.78 is 0. The molecule has 22 heavy (non-hydrogen) atoms. The number of carbonyl (C=O) groups excluding carboxylic acids is 1. The third kappa shape index (κ3) is 5.76. The van der Waals surface area contributed by atoms with Gasteiger partial charge in [-0.15, -0.1) is 12.3 Å². The fourth-order valence-electron chi connectivity index (χ4n) is 3.01. The van der Waals surface area contributed by atoms with Gasteiger partial charge in [-0.2, -0.15) is 10.2 Å². The highest BCUT2D eigenvalue weighted by Crippen LogP contribution is 2.37. The normalized spacial score (nSPS) is 21.1. The van der Waals surface area contributed by atoms with Crippen molar-refractivity contribution in [3.63, 3.8) is 0 Å². The molecule has 1 fully saturated rings. The van der Waals surface area contributed by atoms with Crippen LogP contribution in [0.1, 0.15) is 51.9 Å². The number of rotatable bonds is 9. The Balaban J connectivity index is 1.56. The van der Waals surface area contributed by atoms with E-state index in [-0.39, 0.29) is 11.6 Å². The number of carbonyl (C=O) groups is 1. The third-order valence-corrected chi connectivity index (χ3v) is 4.47. The first-order valence-electron chi connectivity index (χ1n) is 8.50. The second kappa shape index (κ2) is 8.28. The summed E-state index contributed by atoms with van der Waals surface area (Å²) in [5.74, 6) is 3.20. The molecule has 0 bridgehead atoms. The van der Waals surface area contributed by atoms with E-state index in [0.717, 1.165) is 19.5 Å². The standard InChI is InChI=1S/C17H28N4O/c1-3-4-9-17(19-20-17)10-8-16(22)18-13-15(2)14-21-11-6-5-7-12-21/h1,15H,4-14H2,2H3,(H,18,22). The lowest BCUT2D eigenvalue weighted by atomic mass is 10.0. The highest BCUT2D eigenvalue weighted by molar-refractivity contribution is 5.76. The van der Waals surface area contributed by atoms with Gasteiger partial charge >= 0.3 is 0 Å². The van der Waals surface area contributed by atoms with Gasteiger partial charge in [0.2, 0.25) is 5.91 Å². The molecule has 1 saturated heterocycles. The van der Waals surface area contributed by atoms with Crippen molar-refractivity contribution >= 4 is 5.91 Å². The van der Waals surface area contributed by atoms with Crippen LogP contribution in [-0.2, 0) is 4.79 Å². The zero-order valence-electron chi connectivity index (χ0n) is 13.7. The number of hydrogen-bond acceptors (Lipinski definition) is 4. The first-order valence-corrected chi connectivity index (χ1v) is 8.50. The number of hydrogen-bond donors (Lipinski definition) is 1. The Morgan fingerprint density at radius 1 is 1.32 bits per heavy atom. The van der Waals surface area contributed by atoms with Crippen molar-refractivity contribution < 1.29 is 4.79 Å². The minimum absolute atomic E-state index is 0.0999. The average Bonchev–Trinajstić information content (AvgIpc) is 3.30. The molecule has 2 rings (SSSR count). The second-order valence-corrected chi connectivity index (χ2v) is 6.66. The van der Waals surface area contributed by atoms with Gasteiger partial charge < -0.3 is 10.2 Å². The van der Waals surface area contributed by atoms with Gasteiger partial charge in [0.25, 0.3) is 0 Å². The van der Waals surface area contributed by atoms with Crippen molar-refractivity contribution in [3.05, 3.63) is 0 Å². The number of nitrogens with zero attached hydrogens (tertiary/aromatic N) is 3. The predicted molar refractivity (Wildman–Crippen MR) is 87.4 cm³/mol. The van der Waals surface area contributed by atoms with E-state index in [4.69, 9.17) is 6.42 Å². The van der Waals surface area contributed by atoms with Crippen LogP contribution in [-0.4, -0.2) is 42.6 Å². The highest BCUT2D eigenvalue weighted by Gasteiger charge is 2.39. The molecule has 5 nitrogen and oxygen atoms in total. The Kier molecular flexibility index (Phi) is 6.38. The molecule has 0 aromatic carbocycles. The van der Waals surface area contributed by atoms with Crippen molar-refractivity contribution in [2.45, 2.75) is 57.5 Å². The van der Waals surface area contributed by atoms with Crippen molar-refractivity contribution in [2.75, 3.05) is 26.2 Å². The summed E-state index contributed by atoms with van der Waals surface area (Å²) in [6.07, 6.45) is 11.8. The number of piperidine rings is 1. The van der Waals surface area contributed by atoms with E-state index >= 15 is 0 Å². The Morgan fingerprint density at radius 3 is 2.68 bits per heavy atom. The number of nitrogens with one attached hydrogen (secondary N) is 1. The summed E-state index contributed by atoms with van der Waals surface area (Å²) >= 11 is 0. The first-order chi connectivity index (χ1) is 10.6. The monoisotopic (exact) mass is 304 g/mol. The fourth-order valence-corrected chi connectivity index (χ4v) is 3.01. The quantitative estimate of drug-likeness (QED) is 0.666. The predicted octanol–water partition coefficient (Wildman–Crippen LogP) is 2.58. The average molecular weight is 304 g/mol. The Morgan fingerprint density at radius 2 is 2.05 bits per heavy atom. The SMILES string of the molecule is C#CCCC1(CCC(=O)NCC(C)CN2CCCCC2)N=N1. The molecule has 0 aromatic heterocycles. The van der Waals surface area contributed by atoms with Crippen molar-refractivity contribution in [2.24, 2.45) is 16.1 Å². The molecule has 2 heterocycles. The molecular weight excluding hydrogens is 276 g/mol. The molecule has 1 unspecified atom stereocenters. The Hall–Kier alpha value is -1.41. The molecule has 1 N–H and O–H groups in total. The molecule has 122 valence electrons. The summed E-state index contributed by atoms with van der Waals surface area (Å²) in [4.78, 5) is 14.5. The van der Waals surface area contributed by atoms with E-state index in [2.05, 4.69) is 33.3 Å². The van der Waals surface area contributed by atoms with Crippen molar-refractivity contribution in [1.82, 2.24) is 10.2 Å². The lowest BCUT2D eigenvalue weighted by Crippen LogP contribution is -2.38. The molecule has 5 heteroatoms. The van der Waals surface area contributed by atoms with E-state index in [1.54, 1.807) is 0 Å². The van der Waals surface area contributed by atoms with Crippen molar-refractivity contribution in [3.8, 4) is 12.3 Å². The van der Waals surface area contributed by atoms with Crippen LogP contribution in [0.15, 0.2) is 10.2 Å². The van der Waals surface area contributed by atoms with Crippen LogP contribution in [0.3, 0.4) is 0 Å². The molecule has 0 radical (unpaired) electrons. The van der Waals surface area contributed by atoms with Crippen LogP contribution in [0.5, 0.6) is 0 Å². The van der Waals surface area contributed by atoms with Crippen LogP contribution in [0.2, 0.25) is 0 Å². The molecular formula is C17H28N4O. The summed E-state index contributed by atoms with van der Waals surface area (Å²) in [5, 5.41) is 11.2. The maximum absolute atomic E-state index is 11.9. The lowest BCUT2D eigenvalue weighted by molar-refractivity contribution is -0.121. The number of terminal acetylenes is 1. The van der Waals surface area contributed by atoms with Gasteiger partial charge in [-0.25, -0.2) is 0 Å². The van der Waals surface area contributed by atoms with Gasteiger partial charge in [0.05, 0.1) is 0 Å². The topological polar surface area (TPSA) is 57.1 Å². The van der Waals surface area contributed by atoms with Crippen LogP contribution < -0.4 is 5.32 Å². The lowest BCUT2D eigenvalue weighted by Gasteiger charge is -2.29. The smallest absolute Gasteiger partial charge is 0.220 e. The molecule has 2 aliphatic heterocycles. The van der Waals surface area contributed by atoms with Crippen LogP contribution in [0, 0.1) is 18.3 Å². The highest BCUT2D eigenvalue weighted by atomic mass is 16.1. The summed E-state index contributed by atoms with van der Waals surface area (Å²) in [6.45, 7) is 6.45. The zero-order chi connectivity index (χ0) is 15.8. The largest absolute Gasteiger partial charge is 0.356 e. The van der Waals surface area contributed by atoms with Crippen LogP contribution in [0.4, 0.5) is 0 Å². The van der Waals surface area contributed by atoms with Gasteiger partial charge in [0.1, 0.15) is 0 Å². The van der Waals surface area contributed by atoms with E-state index in [0.29, 0.717) is 25.2 Å².